The van der Waals surface area contributed by atoms with Crippen LogP contribution in [-0.2, 0) is 4.79 Å². The van der Waals surface area contributed by atoms with Gasteiger partial charge in [-0.3, -0.25) is 9.59 Å². The lowest BCUT2D eigenvalue weighted by atomic mass is 10.1. The van der Waals surface area contributed by atoms with Crippen molar-refractivity contribution >= 4 is 35.2 Å². The fraction of sp³-hybridized carbons (Fsp3) is 0.115. The van der Waals surface area contributed by atoms with E-state index in [1.165, 1.54) is 19.3 Å². The largest absolute Gasteiger partial charge is 0.493 e. The second kappa shape index (κ2) is 9.30. The number of ketones is 2. The molecule has 33 heavy (non-hydrogen) atoms. The maximum atomic E-state index is 12.6. The first kappa shape index (κ1) is 22.3. The summed E-state index contributed by atoms with van der Waals surface area (Å²) in [5.74, 6) is -0.272. The fourth-order valence-electron chi connectivity index (χ4n) is 3.49. The van der Waals surface area contributed by atoms with Crippen LogP contribution in [-0.4, -0.2) is 31.3 Å². The topological polar surface area (TPSA) is 78.9 Å². The van der Waals surface area contributed by atoms with Crippen molar-refractivity contribution in [3.8, 4) is 17.2 Å². The number of esters is 1. The summed E-state index contributed by atoms with van der Waals surface area (Å²) >= 11 is 5.92. The molecule has 0 aliphatic heterocycles. The van der Waals surface area contributed by atoms with Gasteiger partial charge in [-0.2, -0.15) is 0 Å². The molecule has 0 N–H and O–H groups in total. The number of carbonyl (C=O) groups is 3. The fourth-order valence-corrected chi connectivity index (χ4v) is 3.72. The molecule has 0 aromatic heterocycles. The summed E-state index contributed by atoms with van der Waals surface area (Å²) < 4.78 is 16.2. The van der Waals surface area contributed by atoms with Crippen molar-refractivity contribution in [2.75, 3.05) is 13.7 Å². The summed E-state index contributed by atoms with van der Waals surface area (Å²) in [7, 11) is 1.43. The van der Waals surface area contributed by atoms with Gasteiger partial charge >= 0.3 is 5.97 Å². The molecule has 1 aliphatic rings. The number of benzene rings is 3. The molecule has 4 rings (SSSR count). The molecule has 0 amide bonds. The van der Waals surface area contributed by atoms with E-state index in [9.17, 15) is 14.4 Å². The van der Waals surface area contributed by atoms with Crippen molar-refractivity contribution in [1.29, 1.82) is 0 Å². The number of rotatable bonds is 6. The molecule has 0 fully saturated rings. The number of aryl methyl sites for hydroxylation is 1. The molecule has 0 heterocycles. The molecule has 166 valence electrons. The zero-order chi connectivity index (χ0) is 23.5. The smallest absolute Gasteiger partial charge is 0.349 e. The van der Waals surface area contributed by atoms with E-state index in [2.05, 4.69) is 0 Å². The van der Waals surface area contributed by atoms with E-state index in [4.69, 9.17) is 25.8 Å². The first-order chi connectivity index (χ1) is 15.9. The predicted molar refractivity (Wildman–Crippen MR) is 123 cm³/mol. The molecule has 3 aromatic carbocycles. The molecular weight excluding hydrogens is 444 g/mol. The van der Waals surface area contributed by atoms with Crippen LogP contribution in [0.5, 0.6) is 17.2 Å². The van der Waals surface area contributed by atoms with E-state index < -0.39 is 5.97 Å². The minimum absolute atomic E-state index is 0.0785. The Morgan fingerprint density at radius 3 is 2.21 bits per heavy atom. The second-order valence-corrected chi connectivity index (χ2v) is 7.78. The molecule has 0 radical (unpaired) electrons. The van der Waals surface area contributed by atoms with Crippen LogP contribution in [0.2, 0.25) is 5.02 Å². The van der Waals surface area contributed by atoms with E-state index in [1.807, 2.05) is 6.92 Å². The first-order valence-electron chi connectivity index (χ1n) is 10.0. The second-order valence-electron chi connectivity index (χ2n) is 7.34. The Morgan fingerprint density at radius 2 is 1.58 bits per heavy atom. The average Bonchev–Trinajstić information content (AvgIpc) is 3.04. The van der Waals surface area contributed by atoms with Crippen LogP contribution in [0, 0.1) is 6.92 Å². The highest BCUT2D eigenvalue weighted by Crippen LogP contribution is 2.32. The van der Waals surface area contributed by atoms with Gasteiger partial charge in [-0.05, 0) is 54.5 Å². The van der Waals surface area contributed by atoms with Crippen molar-refractivity contribution in [3.63, 3.8) is 0 Å². The Hall–Kier alpha value is -3.90. The molecular formula is C26H19ClO6. The molecule has 0 saturated carbocycles. The number of methoxy groups -OCH3 is 1. The van der Waals surface area contributed by atoms with E-state index in [-0.39, 0.29) is 35.2 Å². The van der Waals surface area contributed by atoms with Crippen molar-refractivity contribution in [3.05, 3.63) is 93.5 Å². The van der Waals surface area contributed by atoms with Gasteiger partial charge in [0, 0.05) is 16.1 Å². The van der Waals surface area contributed by atoms with Gasteiger partial charge in [0.1, 0.15) is 5.75 Å². The highest BCUT2D eigenvalue weighted by atomic mass is 35.5. The minimum Gasteiger partial charge on any atom is -0.493 e. The summed E-state index contributed by atoms with van der Waals surface area (Å²) in [5, 5.41) is 0.576. The number of hydrogen-bond donors (Lipinski definition) is 0. The zero-order valence-corrected chi connectivity index (χ0v) is 18.6. The number of hydrogen-bond acceptors (Lipinski definition) is 6. The Balaban J connectivity index is 1.48. The molecule has 1 aliphatic carbocycles. The summed E-state index contributed by atoms with van der Waals surface area (Å²) in [6, 6.07) is 16.5. The van der Waals surface area contributed by atoms with Crippen molar-refractivity contribution in [2.45, 2.75) is 6.92 Å². The van der Waals surface area contributed by atoms with Gasteiger partial charge in [0.2, 0.25) is 0 Å². The third kappa shape index (κ3) is 4.66. The van der Waals surface area contributed by atoms with E-state index in [0.29, 0.717) is 27.5 Å². The highest BCUT2D eigenvalue weighted by molar-refractivity contribution is 6.41. The van der Waals surface area contributed by atoms with Gasteiger partial charge in [-0.15, -0.1) is 0 Å². The lowest BCUT2D eigenvalue weighted by Gasteiger charge is -2.12. The number of fused-ring (bicyclic) bond motifs is 1. The Morgan fingerprint density at radius 1 is 0.909 bits per heavy atom. The summed E-state index contributed by atoms with van der Waals surface area (Å²) in [5.41, 5.74) is 2.21. The van der Waals surface area contributed by atoms with Gasteiger partial charge in [-0.25, -0.2) is 4.79 Å². The molecule has 7 heteroatoms. The monoisotopic (exact) mass is 462 g/mol. The average molecular weight is 463 g/mol. The van der Waals surface area contributed by atoms with Crippen LogP contribution in [0.15, 0.2) is 66.2 Å². The molecule has 0 bridgehead atoms. The van der Waals surface area contributed by atoms with Crippen LogP contribution in [0.1, 0.15) is 31.8 Å². The predicted octanol–water partition coefficient (Wildman–Crippen LogP) is 5.10. The third-order valence-corrected chi connectivity index (χ3v) is 5.35. The summed E-state index contributed by atoms with van der Waals surface area (Å²) in [6.07, 6.45) is 1.51. The Bertz CT molecular complexity index is 1270. The van der Waals surface area contributed by atoms with Crippen molar-refractivity contribution < 1.29 is 28.6 Å². The number of carbonyl (C=O) groups excluding carboxylic acids is 3. The number of ether oxygens (including phenoxy) is 3. The van der Waals surface area contributed by atoms with Gasteiger partial charge in [0.25, 0.3) is 0 Å². The van der Waals surface area contributed by atoms with Gasteiger partial charge in [0.15, 0.2) is 29.7 Å². The molecule has 3 aromatic rings. The van der Waals surface area contributed by atoms with Crippen LogP contribution in [0.4, 0.5) is 0 Å². The Kier molecular flexibility index (Phi) is 6.29. The van der Waals surface area contributed by atoms with Crippen LogP contribution in [0.3, 0.4) is 0 Å². The van der Waals surface area contributed by atoms with Crippen LogP contribution in [0.25, 0.3) is 6.08 Å². The molecule has 6 nitrogen and oxygen atoms in total. The quantitative estimate of drug-likeness (QED) is 0.219. The van der Waals surface area contributed by atoms with Gasteiger partial charge in [-0.1, -0.05) is 41.9 Å². The molecule has 0 spiro atoms. The summed E-state index contributed by atoms with van der Waals surface area (Å²) in [4.78, 5) is 37.5. The molecule has 0 saturated heterocycles. The zero-order valence-electron chi connectivity index (χ0n) is 17.9. The summed E-state index contributed by atoms with van der Waals surface area (Å²) in [6.45, 7) is 1.51. The Labute approximate surface area is 195 Å². The SMILES string of the molecule is COc1cc(C=C2C(=O)c3ccccc3C2=O)ccc1OC(=O)COc1ccc(Cl)cc1C. The van der Waals surface area contributed by atoms with Gasteiger partial charge < -0.3 is 14.2 Å². The first-order valence-corrected chi connectivity index (χ1v) is 10.4. The van der Waals surface area contributed by atoms with E-state index in [0.717, 1.165) is 5.56 Å². The number of Topliss-reactive ketones (excluding diaryl/α,β-unsaturated/α-hetero) is 2. The minimum atomic E-state index is -0.620. The third-order valence-electron chi connectivity index (χ3n) is 5.11. The molecule has 0 unspecified atom stereocenters. The van der Waals surface area contributed by atoms with Crippen molar-refractivity contribution in [2.24, 2.45) is 0 Å². The molecule has 0 atom stereocenters. The highest BCUT2D eigenvalue weighted by Gasteiger charge is 2.32. The van der Waals surface area contributed by atoms with E-state index >= 15 is 0 Å². The van der Waals surface area contributed by atoms with Crippen LogP contribution < -0.4 is 14.2 Å². The standard InChI is InChI=1S/C26H19ClO6/c1-15-11-17(27)8-10-21(15)32-14-24(28)33-22-9-7-16(13-23(22)31-2)12-20-25(29)18-5-3-4-6-19(18)26(20)30/h3-13H,14H2,1-2H3. The van der Waals surface area contributed by atoms with Crippen molar-refractivity contribution in [1.82, 2.24) is 0 Å². The number of halogens is 1. The maximum Gasteiger partial charge on any atom is 0.349 e. The lowest BCUT2D eigenvalue weighted by Crippen LogP contribution is -2.18. The van der Waals surface area contributed by atoms with Gasteiger partial charge in [0.05, 0.1) is 12.7 Å². The van der Waals surface area contributed by atoms with Crippen LogP contribution >= 0.6 is 11.6 Å². The van der Waals surface area contributed by atoms with E-state index in [1.54, 1.807) is 54.6 Å². The number of allylic oxidation sites excluding steroid dienone is 1. The lowest BCUT2D eigenvalue weighted by molar-refractivity contribution is -0.136. The maximum absolute atomic E-state index is 12.6. The normalized spacial score (nSPS) is 12.4.